The van der Waals surface area contributed by atoms with Gasteiger partial charge in [-0.2, -0.15) is 5.06 Å². The summed E-state index contributed by atoms with van der Waals surface area (Å²) in [4.78, 5) is 33.0. The van der Waals surface area contributed by atoms with Gasteiger partial charge in [-0.3, -0.25) is 14.4 Å². The number of benzene rings is 1. The molecule has 1 N–H and O–H groups in total. The SMILES string of the molecule is CC#CCSC(=O)[C@@]12ON(Cc3ccc(Cl)cc3)C[C@@H]1C[C@H]1[C@@H]3CC(F)=C4CC(=O)C=C[C@]4(C)[C@@]3(F)[C@@H](O)C[C@@]12C. The largest absolute Gasteiger partial charge is 0.390 e. The van der Waals surface area contributed by atoms with Crippen molar-refractivity contribution in [2.24, 2.45) is 28.6 Å². The predicted molar refractivity (Wildman–Crippen MR) is 154 cm³/mol. The van der Waals surface area contributed by atoms with Gasteiger partial charge in [0.2, 0.25) is 5.12 Å². The van der Waals surface area contributed by atoms with Gasteiger partial charge in [-0.1, -0.05) is 54.4 Å². The molecular formula is C32H34ClF2NO4S. The number of hydrogen-bond acceptors (Lipinski definition) is 6. The summed E-state index contributed by atoms with van der Waals surface area (Å²) in [5.74, 6) is 3.72. The highest BCUT2D eigenvalue weighted by molar-refractivity contribution is 8.14. The normalized spacial score (nSPS) is 41.3. The van der Waals surface area contributed by atoms with Crippen molar-refractivity contribution in [1.82, 2.24) is 5.06 Å². The van der Waals surface area contributed by atoms with E-state index in [0.717, 1.165) is 17.3 Å². The first-order valence-corrected chi connectivity index (χ1v) is 15.5. The maximum atomic E-state index is 17.6. The van der Waals surface area contributed by atoms with E-state index in [4.69, 9.17) is 16.4 Å². The number of ketones is 1. The fourth-order valence-corrected chi connectivity index (χ4v) is 9.93. The molecule has 0 aromatic heterocycles. The van der Waals surface area contributed by atoms with Crippen LogP contribution in [0.15, 0.2) is 47.8 Å². The highest BCUT2D eigenvalue weighted by atomic mass is 35.5. The van der Waals surface area contributed by atoms with E-state index in [1.807, 2.05) is 19.1 Å². The van der Waals surface area contributed by atoms with Crippen LogP contribution in [0.3, 0.4) is 0 Å². The topological polar surface area (TPSA) is 66.8 Å². The highest BCUT2D eigenvalue weighted by Gasteiger charge is 2.79. The molecule has 1 aromatic carbocycles. The molecule has 0 bridgehead atoms. The lowest BCUT2D eigenvalue weighted by Crippen LogP contribution is -2.69. The molecule has 8 atom stereocenters. The number of aliphatic hydroxyl groups is 1. The van der Waals surface area contributed by atoms with E-state index >= 15 is 8.78 Å². The van der Waals surface area contributed by atoms with Gasteiger partial charge in [0.05, 0.1) is 11.9 Å². The minimum absolute atomic E-state index is 0.0199. The molecule has 1 aliphatic heterocycles. The third-order valence-corrected chi connectivity index (χ3v) is 11.8. The van der Waals surface area contributed by atoms with Gasteiger partial charge < -0.3 is 5.11 Å². The maximum Gasteiger partial charge on any atom is 0.224 e. The fourth-order valence-electron chi connectivity index (χ4n) is 8.80. The number of rotatable bonds is 4. The van der Waals surface area contributed by atoms with E-state index in [2.05, 4.69) is 11.8 Å². The molecule has 6 rings (SSSR count). The van der Waals surface area contributed by atoms with E-state index in [0.29, 0.717) is 30.3 Å². The minimum atomic E-state index is -2.19. The Balaban J connectivity index is 1.40. The van der Waals surface area contributed by atoms with E-state index in [1.54, 1.807) is 31.0 Å². The molecule has 2 saturated carbocycles. The van der Waals surface area contributed by atoms with E-state index < -0.39 is 45.9 Å². The first-order valence-electron chi connectivity index (χ1n) is 14.1. The second-order valence-corrected chi connectivity index (χ2v) is 14.0. The van der Waals surface area contributed by atoms with Gasteiger partial charge in [-0.05, 0) is 62.0 Å². The van der Waals surface area contributed by atoms with Crippen LogP contribution in [0, 0.1) is 40.4 Å². The van der Waals surface area contributed by atoms with Gasteiger partial charge in [0.25, 0.3) is 0 Å². The third kappa shape index (κ3) is 3.99. The molecule has 41 heavy (non-hydrogen) atoms. The summed E-state index contributed by atoms with van der Waals surface area (Å²) in [5.41, 5.74) is -4.82. The number of hydroxylamine groups is 2. The summed E-state index contributed by atoms with van der Waals surface area (Å²) in [6, 6.07) is 7.42. The molecule has 5 aliphatic rings. The van der Waals surface area contributed by atoms with Crippen LogP contribution in [0.1, 0.15) is 52.0 Å². The van der Waals surface area contributed by atoms with E-state index in [-0.39, 0.29) is 41.7 Å². The monoisotopic (exact) mass is 601 g/mol. The number of carbonyl (C=O) groups excluding carboxylic acids is 2. The Bertz CT molecular complexity index is 1420. The standard InChI is InChI=1S/C32H34ClF2NO4S/c1-4-5-12-41-28(39)32-20(18-36(40-32)17-19-6-8-21(33)9-7-19)13-23-24-15-26(34)25-14-22(37)10-11-29(25,2)31(24,35)27(38)16-30(23,32)3/h6-11,20,23-24,27,38H,12-18H2,1-3H3/t20-,23-,24-,27-,29-,30-,31-,32-/m0/s1. The summed E-state index contributed by atoms with van der Waals surface area (Å²) in [7, 11) is 0. The van der Waals surface area contributed by atoms with Crippen LogP contribution in [-0.4, -0.2) is 50.7 Å². The van der Waals surface area contributed by atoms with Crippen LogP contribution in [0.25, 0.3) is 0 Å². The van der Waals surface area contributed by atoms with E-state index in [1.165, 1.54) is 12.2 Å². The molecule has 0 spiro atoms. The molecule has 3 fully saturated rings. The Kier molecular flexibility index (Phi) is 7.11. The number of alkyl halides is 1. The van der Waals surface area contributed by atoms with Crippen molar-refractivity contribution in [2.45, 2.75) is 70.4 Å². The van der Waals surface area contributed by atoms with Crippen molar-refractivity contribution in [3.05, 3.63) is 58.4 Å². The number of fused-ring (bicyclic) bond motifs is 7. The second-order valence-electron chi connectivity index (χ2n) is 12.6. The van der Waals surface area contributed by atoms with Gasteiger partial charge in [0.1, 0.15) is 5.83 Å². The van der Waals surface area contributed by atoms with Crippen molar-refractivity contribution in [2.75, 3.05) is 12.3 Å². The predicted octanol–water partition coefficient (Wildman–Crippen LogP) is 6.00. The Morgan fingerprint density at radius 3 is 2.71 bits per heavy atom. The third-order valence-electron chi connectivity index (χ3n) is 10.7. The molecule has 9 heteroatoms. The molecule has 5 nitrogen and oxygen atoms in total. The van der Waals surface area contributed by atoms with Crippen molar-refractivity contribution in [3.63, 3.8) is 0 Å². The van der Waals surface area contributed by atoms with Crippen molar-refractivity contribution in [3.8, 4) is 11.8 Å². The zero-order valence-corrected chi connectivity index (χ0v) is 25.0. The average Bonchev–Trinajstić information content (AvgIpc) is 3.40. The minimum Gasteiger partial charge on any atom is -0.390 e. The maximum absolute atomic E-state index is 17.6. The number of allylic oxidation sites excluding steroid dienone is 4. The summed E-state index contributed by atoms with van der Waals surface area (Å²) in [6.07, 6.45) is 1.33. The van der Waals surface area contributed by atoms with Gasteiger partial charge in [-0.15, -0.1) is 5.92 Å². The van der Waals surface area contributed by atoms with Crippen LogP contribution in [0.4, 0.5) is 8.78 Å². The molecule has 1 saturated heterocycles. The number of halogens is 3. The van der Waals surface area contributed by atoms with Crippen molar-refractivity contribution >= 4 is 34.3 Å². The Hall–Kier alpha value is -2.02. The number of thioether (sulfide) groups is 1. The van der Waals surface area contributed by atoms with Crippen LogP contribution in [0.2, 0.25) is 5.02 Å². The first-order chi connectivity index (χ1) is 19.4. The average molecular weight is 602 g/mol. The van der Waals surface area contributed by atoms with Gasteiger partial charge in [0.15, 0.2) is 17.1 Å². The molecule has 0 amide bonds. The second kappa shape index (κ2) is 10.0. The zero-order valence-electron chi connectivity index (χ0n) is 23.4. The lowest BCUT2D eigenvalue weighted by Gasteiger charge is -2.62. The lowest BCUT2D eigenvalue weighted by molar-refractivity contribution is -0.263. The molecule has 0 radical (unpaired) electrons. The Labute approximate surface area is 248 Å². The molecular weight excluding hydrogens is 568 g/mol. The van der Waals surface area contributed by atoms with Crippen LogP contribution in [-0.2, 0) is 21.0 Å². The van der Waals surface area contributed by atoms with Gasteiger partial charge >= 0.3 is 0 Å². The van der Waals surface area contributed by atoms with Gasteiger partial charge in [-0.25, -0.2) is 8.78 Å². The number of aliphatic hydroxyl groups excluding tert-OH is 1. The van der Waals surface area contributed by atoms with E-state index in [9.17, 15) is 14.7 Å². The number of hydrogen-bond donors (Lipinski definition) is 1. The lowest BCUT2D eigenvalue weighted by atomic mass is 9.45. The van der Waals surface area contributed by atoms with Crippen molar-refractivity contribution in [1.29, 1.82) is 0 Å². The fraction of sp³-hybridized carbons (Fsp3) is 0.562. The van der Waals surface area contributed by atoms with Crippen LogP contribution < -0.4 is 0 Å². The Morgan fingerprint density at radius 2 is 2.00 bits per heavy atom. The number of nitrogens with zero attached hydrogens (tertiary/aromatic N) is 1. The summed E-state index contributed by atoms with van der Waals surface area (Å²) in [5, 5.41) is 14.0. The zero-order chi connectivity index (χ0) is 29.4. The molecule has 218 valence electrons. The summed E-state index contributed by atoms with van der Waals surface area (Å²) < 4.78 is 33.4. The first kappa shape index (κ1) is 29.1. The summed E-state index contributed by atoms with van der Waals surface area (Å²) in [6.45, 7) is 6.10. The molecule has 1 heterocycles. The van der Waals surface area contributed by atoms with Crippen LogP contribution >= 0.6 is 23.4 Å². The number of carbonyl (C=O) groups is 2. The molecule has 1 aromatic rings. The van der Waals surface area contributed by atoms with Crippen LogP contribution in [0.5, 0.6) is 0 Å². The molecule has 4 aliphatic carbocycles. The smallest absolute Gasteiger partial charge is 0.224 e. The molecule has 0 unspecified atom stereocenters. The Morgan fingerprint density at radius 1 is 1.27 bits per heavy atom. The summed E-state index contributed by atoms with van der Waals surface area (Å²) >= 11 is 7.16. The highest BCUT2D eigenvalue weighted by Crippen LogP contribution is 2.73. The van der Waals surface area contributed by atoms with Crippen molar-refractivity contribution < 1.29 is 28.3 Å². The quantitative estimate of drug-likeness (QED) is 0.427. The van der Waals surface area contributed by atoms with Gasteiger partial charge in [0, 0.05) is 53.6 Å².